The molecule has 0 saturated heterocycles. The highest BCUT2D eigenvalue weighted by molar-refractivity contribution is 5.91. The SMILES string of the molecule is O=C(O)c1ncnc(-c2cccnc2)c1OCc1ccccc1. The fourth-order valence-electron chi connectivity index (χ4n) is 2.10. The molecule has 0 bridgehead atoms. The molecule has 0 atom stereocenters. The minimum Gasteiger partial charge on any atom is -0.484 e. The molecule has 0 aliphatic rings. The maximum atomic E-state index is 11.4. The van der Waals surface area contributed by atoms with Crippen LogP contribution in [0.25, 0.3) is 11.3 Å². The van der Waals surface area contributed by atoms with E-state index in [-0.39, 0.29) is 18.1 Å². The summed E-state index contributed by atoms with van der Waals surface area (Å²) in [5.41, 5.74) is 1.82. The zero-order valence-corrected chi connectivity index (χ0v) is 12.1. The Bertz CT molecular complexity index is 808. The molecule has 114 valence electrons. The predicted molar refractivity (Wildman–Crippen MR) is 83.0 cm³/mol. The van der Waals surface area contributed by atoms with E-state index in [1.807, 2.05) is 30.3 Å². The Balaban J connectivity index is 2.00. The van der Waals surface area contributed by atoms with Crippen molar-refractivity contribution in [1.29, 1.82) is 0 Å². The molecule has 0 radical (unpaired) electrons. The lowest BCUT2D eigenvalue weighted by Gasteiger charge is -2.12. The van der Waals surface area contributed by atoms with E-state index >= 15 is 0 Å². The maximum Gasteiger partial charge on any atom is 0.358 e. The molecule has 2 aromatic heterocycles. The van der Waals surface area contributed by atoms with Gasteiger partial charge in [-0.05, 0) is 17.7 Å². The van der Waals surface area contributed by atoms with Crippen LogP contribution in [0.3, 0.4) is 0 Å². The highest BCUT2D eigenvalue weighted by Crippen LogP contribution is 2.30. The predicted octanol–water partition coefficient (Wildman–Crippen LogP) is 2.82. The second-order valence-electron chi connectivity index (χ2n) is 4.72. The number of benzene rings is 1. The summed E-state index contributed by atoms with van der Waals surface area (Å²) in [6.07, 6.45) is 4.44. The summed E-state index contributed by atoms with van der Waals surface area (Å²) in [5.74, 6) is -1.03. The molecule has 0 spiro atoms. The van der Waals surface area contributed by atoms with E-state index < -0.39 is 5.97 Å². The van der Waals surface area contributed by atoms with Crippen molar-refractivity contribution in [2.75, 3.05) is 0 Å². The third-order valence-electron chi connectivity index (χ3n) is 3.17. The molecule has 1 aromatic carbocycles. The van der Waals surface area contributed by atoms with Crippen molar-refractivity contribution in [1.82, 2.24) is 15.0 Å². The Morgan fingerprint density at radius 2 is 1.91 bits per heavy atom. The zero-order chi connectivity index (χ0) is 16.1. The molecule has 0 unspecified atom stereocenters. The van der Waals surface area contributed by atoms with Crippen LogP contribution in [0.5, 0.6) is 5.75 Å². The van der Waals surface area contributed by atoms with Crippen LogP contribution in [0.15, 0.2) is 61.2 Å². The van der Waals surface area contributed by atoms with Gasteiger partial charge < -0.3 is 9.84 Å². The van der Waals surface area contributed by atoms with Gasteiger partial charge in [0.15, 0.2) is 11.4 Å². The lowest BCUT2D eigenvalue weighted by Crippen LogP contribution is -2.08. The van der Waals surface area contributed by atoms with Gasteiger partial charge in [0.05, 0.1) is 0 Å². The van der Waals surface area contributed by atoms with E-state index in [1.165, 1.54) is 6.33 Å². The first-order valence-corrected chi connectivity index (χ1v) is 6.91. The van der Waals surface area contributed by atoms with E-state index in [4.69, 9.17) is 4.74 Å². The van der Waals surface area contributed by atoms with Gasteiger partial charge in [-0.15, -0.1) is 0 Å². The molecule has 6 heteroatoms. The molecule has 3 rings (SSSR count). The highest BCUT2D eigenvalue weighted by Gasteiger charge is 2.20. The molecule has 0 aliphatic carbocycles. The Morgan fingerprint density at radius 1 is 1.09 bits per heavy atom. The Morgan fingerprint density at radius 3 is 2.61 bits per heavy atom. The molecular weight excluding hydrogens is 294 g/mol. The third-order valence-corrected chi connectivity index (χ3v) is 3.17. The first-order valence-electron chi connectivity index (χ1n) is 6.91. The second-order valence-corrected chi connectivity index (χ2v) is 4.72. The molecule has 0 saturated carbocycles. The molecule has 3 aromatic rings. The minimum atomic E-state index is -1.17. The van der Waals surface area contributed by atoms with E-state index in [2.05, 4.69) is 15.0 Å². The van der Waals surface area contributed by atoms with Gasteiger partial charge in [0.25, 0.3) is 0 Å². The second kappa shape index (κ2) is 6.65. The van der Waals surface area contributed by atoms with Gasteiger partial charge in [0.1, 0.15) is 18.6 Å². The average Bonchev–Trinajstić information content (AvgIpc) is 2.61. The fourth-order valence-corrected chi connectivity index (χ4v) is 2.10. The van der Waals surface area contributed by atoms with Crippen LogP contribution < -0.4 is 4.74 Å². The van der Waals surface area contributed by atoms with Crippen molar-refractivity contribution in [3.63, 3.8) is 0 Å². The van der Waals surface area contributed by atoms with Gasteiger partial charge >= 0.3 is 5.97 Å². The first-order chi connectivity index (χ1) is 11.3. The molecular formula is C17H13N3O3. The first kappa shape index (κ1) is 14.6. The standard InChI is InChI=1S/C17H13N3O3/c21-17(22)15-16(23-10-12-5-2-1-3-6-12)14(19-11-20-15)13-7-4-8-18-9-13/h1-9,11H,10H2,(H,21,22). The van der Waals surface area contributed by atoms with Crippen LogP contribution in [0.2, 0.25) is 0 Å². The number of aromatic nitrogens is 3. The Labute approximate surface area is 132 Å². The summed E-state index contributed by atoms with van der Waals surface area (Å²) in [6, 6.07) is 13.0. The van der Waals surface area contributed by atoms with Crippen molar-refractivity contribution >= 4 is 5.97 Å². The average molecular weight is 307 g/mol. The number of carbonyl (C=O) groups is 1. The number of rotatable bonds is 5. The molecule has 0 amide bonds. The number of ether oxygens (including phenoxy) is 1. The lowest BCUT2D eigenvalue weighted by molar-refractivity contribution is 0.0684. The van der Waals surface area contributed by atoms with Crippen LogP contribution in [0.4, 0.5) is 0 Å². The molecule has 0 aliphatic heterocycles. The summed E-state index contributed by atoms with van der Waals surface area (Å²) < 4.78 is 5.74. The highest BCUT2D eigenvalue weighted by atomic mass is 16.5. The summed E-state index contributed by atoms with van der Waals surface area (Å²) in [6.45, 7) is 0.224. The molecule has 6 nitrogen and oxygen atoms in total. The third kappa shape index (κ3) is 3.32. The van der Waals surface area contributed by atoms with Crippen molar-refractivity contribution in [2.45, 2.75) is 6.61 Å². The van der Waals surface area contributed by atoms with Gasteiger partial charge in [-0.3, -0.25) is 4.98 Å². The summed E-state index contributed by atoms with van der Waals surface area (Å²) >= 11 is 0. The maximum absolute atomic E-state index is 11.4. The van der Waals surface area contributed by atoms with Crippen molar-refractivity contribution in [3.8, 4) is 17.0 Å². The van der Waals surface area contributed by atoms with Crippen LogP contribution in [-0.2, 0) is 6.61 Å². The van der Waals surface area contributed by atoms with Crippen LogP contribution >= 0.6 is 0 Å². The largest absolute Gasteiger partial charge is 0.484 e. The zero-order valence-electron chi connectivity index (χ0n) is 12.1. The lowest BCUT2D eigenvalue weighted by atomic mass is 10.1. The number of pyridine rings is 1. The number of hydrogen-bond acceptors (Lipinski definition) is 5. The van der Waals surface area contributed by atoms with Crippen LogP contribution in [0, 0.1) is 0 Å². The van der Waals surface area contributed by atoms with Crippen molar-refractivity contribution < 1.29 is 14.6 Å². The number of nitrogens with zero attached hydrogens (tertiary/aromatic N) is 3. The fraction of sp³-hybridized carbons (Fsp3) is 0.0588. The molecule has 23 heavy (non-hydrogen) atoms. The Kier molecular flexibility index (Phi) is 4.24. The van der Waals surface area contributed by atoms with E-state index in [9.17, 15) is 9.90 Å². The van der Waals surface area contributed by atoms with Gasteiger partial charge in [-0.2, -0.15) is 0 Å². The molecule has 0 fully saturated rings. The Hall–Kier alpha value is -3.28. The number of carboxylic acid groups (broad SMARTS) is 1. The summed E-state index contributed by atoms with van der Waals surface area (Å²) in [5, 5.41) is 9.35. The molecule has 1 N–H and O–H groups in total. The smallest absolute Gasteiger partial charge is 0.358 e. The van der Waals surface area contributed by atoms with Crippen molar-refractivity contribution in [2.24, 2.45) is 0 Å². The molecule has 2 heterocycles. The van der Waals surface area contributed by atoms with Gasteiger partial charge in [0, 0.05) is 18.0 Å². The van der Waals surface area contributed by atoms with Gasteiger partial charge in [-0.25, -0.2) is 14.8 Å². The minimum absolute atomic E-state index is 0.136. The monoisotopic (exact) mass is 307 g/mol. The summed E-state index contributed by atoms with van der Waals surface area (Å²) in [4.78, 5) is 23.4. The van der Waals surface area contributed by atoms with Gasteiger partial charge in [-0.1, -0.05) is 30.3 Å². The van der Waals surface area contributed by atoms with E-state index in [1.54, 1.807) is 24.5 Å². The summed E-state index contributed by atoms with van der Waals surface area (Å²) in [7, 11) is 0. The van der Waals surface area contributed by atoms with Crippen LogP contribution in [0.1, 0.15) is 16.1 Å². The van der Waals surface area contributed by atoms with Crippen molar-refractivity contribution in [3.05, 3.63) is 72.4 Å². The van der Waals surface area contributed by atoms with E-state index in [0.29, 0.717) is 11.3 Å². The number of hydrogen-bond donors (Lipinski definition) is 1. The van der Waals surface area contributed by atoms with Crippen LogP contribution in [-0.4, -0.2) is 26.0 Å². The topological polar surface area (TPSA) is 85.2 Å². The normalized spacial score (nSPS) is 10.3. The van der Waals surface area contributed by atoms with Gasteiger partial charge in [0.2, 0.25) is 0 Å². The number of aromatic carboxylic acids is 1. The quantitative estimate of drug-likeness (QED) is 0.780. The number of carboxylic acids is 1. The van der Waals surface area contributed by atoms with E-state index in [0.717, 1.165) is 5.56 Å².